The number of ketones is 1. The molecule has 6 nitrogen and oxygen atoms in total. The number of pyridine rings is 1. The van der Waals surface area contributed by atoms with Crippen LogP contribution in [0.1, 0.15) is 45.1 Å². The minimum absolute atomic E-state index is 0.0626. The van der Waals surface area contributed by atoms with E-state index in [0.717, 1.165) is 28.3 Å². The molecule has 2 N–H and O–H groups in total. The lowest BCUT2D eigenvalue weighted by Crippen LogP contribution is -2.08. The quantitative estimate of drug-likeness (QED) is 0.247. The fourth-order valence-corrected chi connectivity index (χ4v) is 4.15. The standard InChI is InChI=1S/C29H25NO5/c1-4-19-7-5-6-8-23(19)28(34)25-16-30-26-15-20(31)9-10-24(26)29(25)35-21-13-17(2)22(18(3)14-21)11-12-27(32)33/h5-16,31H,4H2,1-3H3,(H,32,33)/b12-11+. The van der Waals surface area contributed by atoms with Crippen molar-refractivity contribution in [1.29, 1.82) is 0 Å². The monoisotopic (exact) mass is 467 g/mol. The van der Waals surface area contributed by atoms with Crippen molar-refractivity contribution in [3.63, 3.8) is 0 Å². The zero-order valence-electron chi connectivity index (χ0n) is 19.7. The zero-order chi connectivity index (χ0) is 25.1. The Balaban J connectivity index is 1.86. The van der Waals surface area contributed by atoms with Crippen LogP contribution in [-0.2, 0) is 11.2 Å². The Morgan fingerprint density at radius 2 is 1.71 bits per heavy atom. The first kappa shape index (κ1) is 23.7. The number of fused-ring (bicyclic) bond motifs is 1. The van der Waals surface area contributed by atoms with E-state index in [-0.39, 0.29) is 11.5 Å². The van der Waals surface area contributed by atoms with Gasteiger partial charge >= 0.3 is 5.97 Å². The van der Waals surface area contributed by atoms with E-state index in [1.807, 2.05) is 39.0 Å². The molecule has 1 heterocycles. The molecule has 0 saturated carbocycles. The molecular formula is C29H25NO5. The van der Waals surface area contributed by atoms with Crippen molar-refractivity contribution in [3.8, 4) is 17.2 Å². The summed E-state index contributed by atoms with van der Waals surface area (Å²) < 4.78 is 6.34. The molecule has 1 aromatic heterocycles. The van der Waals surface area contributed by atoms with Crippen LogP contribution >= 0.6 is 0 Å². The molecule has 0 radical (unpaired) electrons. The van der Waals surface area contributed by atoms with Gasteiger partial charge in [0.05, 0.1) is 11.1 Å². The molecule has 0 saturated heterocycles. The smallest absolute Gasteiger partial charge is 0.328 e. The van der Waals surface area contributed by atoms with Crippen LogP contribution in [0.5, 0.6) is 17.2 Å². The highest BCUT2D eigenvalue weighted by Gasteiger charge is 2.21. The number of carbonyl (C=O) groups is 2. The average Bonchev–Trinajstić information content (AvgIpc) is 2.83. The number of carboxylic acids is 1. The van der Waals surface area contributed by atoms with Gasteiger partial charge in [0.1, 0.15) is 17.2 Å². The molecule has 0 atom stereocenters. The lowest BCUT2D eigenvalue weighted by Gasteiger charge is -2.16. The van der Waals surface area contributed by atoms with Crippen LogP contribution in [-0.4, -0.2) is 26.9 Å². The number of carbonyl (C=O) groups excluding carboxylic acids is 1. The van der Waals surface area contributed by atoms with E-state index in [0.29, 0.717) is 39.9 Å². The van der Waals surface area contributed by atoms with Crippen LogP contribution in [0.2, 0.25) is 0 Å². The Bertz CT molecular complexity index is 1460. The summed E-state index contributed by atoms with van der Waals surface area (Å²) in [6, 6.07) is 15.8. The molecule has 0 bridgehead atoms. The highest BCUT2D eigenvalue weighted by molar-refractivity contribution is 6.14. The highest BCUT2D eigenvalue weighted by atomic mass is 16.5. The summed E-state index contributed by atoms with van der Waals surface area (Å²) >= 11 is 0. The van der Waals surface area contributed by atoms with Gasteiger partial charge < -0.3 is 14.9 Å². The van der Waals surface area contributed by atoms with Crippen molar-refractivity contribution in [3.05, 3.63) is 100 Å². The van der Waals surface area contributed by atoms with Crippen LogP contribution < -0.4 is 4.74 Å². The number of aliphatic carboxylic acids is 1. The third-order valence-corrected chi connectivity index (χ3v) is 5.87. The van der Waals surface area contributed by atoms with Gasteiger partial charge in [0.15, 0.2) is 5.78 Å². The van der Waals surface area contributed by atoms with Gasteiger partial charge in [-0.25, -0.2) is 4.79 Å². The van der Waals surface area contributed by atoms with Crippen molar-refractivity contribution in [2.24, 2.45) is 0 Å². The molecule has 0 spiro atoms. The number of aromatic nitrogens is 1. The van der Waals surface area contributed by atoms with Gasteiger partial charge in [-0.3, -0.25) is 9.78 Å². The van der Waals surface area contributed by atoms with Crippen molar-refractivity contribution >= 4 is 28.7 Å². The maximum Gasteiger partial charge on any atom is 0.328 e. The fourth-order valence-electron chi connectivity index (χ4n) is 4.15. The number of carboxylic acid groups (broad SMARTS) is 1. The summed E-state index contributed by atoms with van der Waals surface area (Å²) in [5, 5.41) is 19.5. The van der Waals surface area contributed by atoms with E-state index in [4.69, 9.17) is 9.84 Å². The molecule has 0 aliphatic carbocycles. The van der Waals surface area contributed by atoms with Crippen molar-refractivity contribution in [1.82, 2.24) is 4.98 Å². The number of rotatable bonds is 7. The minimum Gasteiger partial charge on any atom is -0.508 e. The Hall–Kier alpha value is -4.45. The lowest BCUT2D eigenvalue weighted by atomic mass is 9.96. The predicted molar refractivity (Wildman–Crippen MR) is 135 cm³/mol. The minimum atomic E-state index is -1.02. The molecule has 3 aromatic carbocycles. The third-order valence-electron chi connectivity index (χ3n) is 5.87. The van der Waals surface area contributed by atoms with E-state index >= 15 is 0 Å². The number of benzene rings is 3. The predicted octanol–water partition coefficient (Wildman–Crippen LogP) is 6.24. The summed E-state index contributed by atoms with van der Waals surface area (Å²) in [7, 11) is 0. The first-order chi connectivity index (χ1) is 16.8. The van der Waals surface area contributed by atoms with Gasteiger partial charge in [-0.1, -0.05) is 31.2 Å². The van der Waals surface area contributed by atoms with Gasteiger partial charge in [-0.2, -0.15) is 0 Å². The van der Waals surface area contributed by atoms with E-state index in [1.165, 1.54) is 18.3 Å². The maximum absolute atomic E-state index is 13.7. The maximum atomic E-state index is 13.7. The van der Waals surface area contributed by atoms with E-state index < -0.39 is 5.97 Å². The Morgan fingerprint density at radius 1 is 1.00 bits per heavy atom. The van der Waals surface area contributed by atoms with Crippen LogP contribution in [0.25, 0.3) is 17.0 Å². The van der Waals surface area contributed by atoms with Gasteiger partial charge in [-0.05, 0) is 72.9 Å². The van der Waals surface area contributed by atoms with E-state index in [1.54, 1.807) is 30.3 Å². The van der Waals surface area contributed by atoms with Crippen molar-refractivity contribution < 1.29 is 24.5 Å². The van der Waals surface area contributed by atoms with Gasteiger partial charge in [0.25, 0.3) is 0 Å². The molecule has 176 valence electrons. The highest BCUT2D eigenvalue weighted by Crippen LogP contribution is 2.37. The topological polar surface area (TPSA) is 96.7 Å². The molecule has 35 heavy (non-hydrogen) atoms. The summed E-state index contributed by atoms with van der Waals surface area (Å²) in [5.74, 6) is -0.308. The summed E-state index contributed by atoms with van der Waals surface area (Å²) in [5.41, 5.74) is 4.77. The second-order valence-electron chi connectivity index (χ2n) is 8.29. The first-order valence-corrected chi connectivity index (χ1v) is 11.2. The van der Waals surface area contributed by atoms with Gasteiger partial charge in [0.2, 0.25) is 0 Å². The molecule has 4 rings (SSSR count). The zero-order valence-corrected chi connectivity index (χ0v) is 19.7. The van der Waals surface area contributed by atoms with Gasteiger partial charge in [0, 0.05) is 29.3 Å². The Kier molecular flexibility index (Phi) is 6.64. The van der Waals surface area contributed by atoms with Crippen molar-refractivity contribution in [2.75, 3.05) is 0 Å². The van der Waals surface area contributed by atoms with Crippen LogP contribution in [0.4, 0.5) is 0 Å². The normalized spacial score (nSPS) is 11.2. The third kappa shape index (κ3) is 4.92. The molecular weight excluding hydrogens is 442 g/mol. The summed E-state index contributed by atoms with van der Waals surface area (Å²) in [6.45, 7) is 5.73. The average molecular weight is 468 g/mol. The second kappa shape index (κ2) is 9.81. The van der Waals surface area contributed by atoms with Crippen LogP contribution in [0, 0.1) is 13.8 Å². The van der Waals surface area contributed by atoms with E-state index in [9.17, 15) is 14.7 Å². The molecule has 0 amide bonds. The number of phenolic OH excluding ortho intramolecular Hbond substituents is 1. The molecule has 4 aromatic rings. The van der Waals surface area contributed by atoms with Crippen LogP contribution in [0.15, 0.2) is 66.9 Å². The number of ether oxygens (including phenoxy) is 1. The Morgan fingerprint density at radius 3 is 2.40 bits per heavy atom. The molecule has 0 aliphatic heterocycles. The Labute approximate surface area is 203 Å². The van der Waals surface area contributed by atoms with Crippen molar-refractivity contribution in [2.45, 2.75) is 27.2 Å². The number of phenols is 1. The van der Waals surface area contributed by atoms with Gasteiger partial charge in [-0.15, -0.1) is 0 Å². The molecule has 0 unspecified atom stereocenters. The lowest BCUT2D eigenvalue weighted by molar-refractivity contribution is -0.131. The summed E-state index contributed by atoms with van der Waals surface area (Å²) in [6.07, 6.45) is 4.84. The number of aryl methyl sites for hydroxylation is 3. The number of hydrogen-bond acceptors (Lipinski definition) is 5. The van der Waals surface area contributed by atoms with E-state index in [2.05, 4.69) is 4.98 Å². The first-order valence-electron chi connectivity index (χ1n) is 11.2. The molecule has 6 heteroatoms. The number of hydrogen-bond donors (Lipinski definition) is 2. The molecule has 0 aliphatic rings. The molecule has 0 fully saturated rings. The summed E-state index contributed by atoms with van der Waals surface area (Å²) in [4.78, 5) is 29.0. The van der Waals surface area contributed by atoms with Crippen LogP contribution in [0.3, 0.4) is 0 Å². The largest absolute Gasteiger partial charge is 0.508 e. The number of aromatic hydroxyl groups is 1. The second-order valence-corrected chi connectivity index (χ2v) is 8.29. The SMILES string of the molecule is CCc1ccccc1C(=O)c1cnc2cc(O)ccc2c1Oc1cc(C)c(/C=C/C(=O)O)c(C)c1. The fraction of sp³-hybridized carbons (Fsp3) is 0.138. The number of nitrogens with zero attached hydrogens (tertiary/aromatic N) is 1.